The SMILES string of the molecule is CCCCOC(=O)Nc1sc(-c2c(F)cccc2F)nc1C(=O)Nc1cnn(CC)c1N1CCCC(NC(=O)C(F)(F)F)CC1. The number of anilines is 3. The number of amides is 3. The van der Waals surface area contributed by atoms with E-state index in [4.69, 9.17) is 4.74 Å². The Hall–Kier alpha value is -4.28. The molecule has 45 heavy (non-hydrogen) atoms. The Bertz CT molecular complexity index is 1510. The average molecular weight is 658 g/mol. The van der Waals surface area contributed by atoms with Gasteiger partial charge >= 0.3 is 18.2 Å². The molecule has 244 valence electrons. The summed E-state index contributed by atoms with van der Waals surface area (Å²) in [5, 5.41) is 11.2. The van der Waals surface area contributed by atoms with Gasteiger partial charge in [-0.1, -0.05) is 30.7 Å². The highest BCUT2D eigenvalue weighted by atomic mass is 32.1. The molecule has 3 aromatic rings. The zero-order chi connectivity index (χ0) is 32.7. The van der Waals surface area contributed by atoms with E-state index in [1.165, 1.54) is 12.3 Å². The highest BCUT2D eigenvalue weighted by Gasteiger charge is 2.40. The number of unbranched alkanes of at least 4 members (excludes halogenated alkanes) is 1. The molecule has 0 bridgehead atoms. The quantitative estimate of drug-likeness (QED) is 0.182. The molecule has 11 nitrogen and oxygen atoms in total. The lowest BCUT2D eigenvalue weighted by atomic mass is 10.1. The largest absolute Gasteiger partial charge is 0.471 e. The number of carbonyl (C=O) groups excluding carboxylic acids is 3. The number of aromatic nitrogens is 3. The lowest BCUT2D eigenvalue weighted by Gasteiger charge is -2.25. The molecule has 4 rings (SSSR count). The van der Waals surface area contributed by atoms with Crippen molar-refractivity contribution in [2.45, 2.75) is 64.7 Å². The number of hydrogen-bond acceptors (Lipinski definition) is 8. The highest BCUT2D eigenvalue weighted by molar-refractivity contribution is 7.19. The van der Waals surface area contributed by atoms with Crippen LogP contribution < -0.4 is 20.9 Å². The lowest BCUT2D eigenvalue weighted by Crippen LogP contribution is -2.43. The van der Waals surface area contributed by atoms with Gasteiger partial charge in [0.05, 0.1) is 18.4 Å². The summed E-state index contributed by atoms with van der Waals surface area (Å²) in [6, 6.07) is 2.56. The van der Waals surface area contributed by atoms with Crippen molar-refractivity contribution in [3.8, 4) is 10.6 Å². The molecular weight excluding hydrogens is 625 g/mol. The molecule has 3 amide bonds. The van der Waals surface area contributed by atoms with Gasteiger partial charge in [0.1, 0.15) is 27.3 Å². The van der Waals surface area contributed by atoms with Gasteiger partial charge in [-0.25, -0.2) is 23.2 Å². The number of hydrogen-bond donors (Lipinski definition) is 3. The Labute approximate surface area is 259 Å². The molecule has 0 saturated carbocycles. The molecule has 1 aliphatic heterocycles. The number of nitrogens with zero attached hydrogens (tertiary/aromatic N) is 4. The first kappa shape index (κ1) is 33.6. The zero-order valence-electron chi connectivity index (χ0n) is 24.5. The van der Waals surface area contributed by atoms with E-state index in [9.17, 15) is 36.3 Å². The minimum atomic E-state index is -4.99. The van der Waals surface area contributed by atoms with Crippen molar-refractivity contribution in [2.24, 2.45) is 0 Å². The monoisotopic (exact) mass is 657 g/mol. The van der Waals surface area contributed by atoms with Gasteiger partial charge in [-0.15, -0.1) is 0 Å². The van der Waals surface area contributed by atoms with E-state index in [1.807, 2.05) is 24.1 Å². The Morgan fingerprint density at radius 2 is 1.82 bits per heavy atom. The highest BCUT2D eigenvalue weighted by Crippen LogP contribution is 2.36. The number of aryl methyl sites for hydroxylation is 1. The third-order valence-electron chi connectivity index (χ3n) is 6.95. The summed E-state index contributed by atoms with van der Waals surface area (Å²) in [7, 11) is 0. The normalized spacial score (nSPS) is 15.4. The van der Waals surface area contributed by atoms with Crippen LogP contribution in [0.15, 0.2) is 24.4 Å². The maximum Gasteiger partial charge on any atom is 0.471 e. The number of nitrogens with one attached hydrogen (secondary N) is 3. The van der Waals surface area contributed by atoms with E-state index in [0.717, 1.165) is 18.6 Å². The number of thiazole rings is 1. The van der Waals surface area contributed by atoms with Crippen molar-refractivity contribution in [2.75, 3.05) is 35.2 Å². The molecule has 0 spiro atoms. The summed E-state index contributed by atoms with van der Waals surface area (Å²) in [4.78, 5) is 43.5. The van der Waals surface area contributed by atoms with E-state index in [1.54, 1.807) is 4.68 Å². The maximum atomic E-state index is 14.6. The summed E-state index contributed by atoms with van der Waals surface area (Å²) in [5.74, 6) is -4.17. The Balaban J connectivity index is 1.59. The number of alkyl halides is 3. The molecule has 1 aromatic carbocycles. The predicted octanol–water partition coefficient (Wildman–Crippen LogP) is 5.94. The molecule has 1 fully saturated rings. The van der Waals surface area contributed by atoms with Crippen LogP contribution in [0.4, 0.5) is 43.3 Å². The van der Waals surface area contributed by atoms with Gasteiger partial charge in [0.25, 0.3) is 5.91 Å². The molecule has 0 aliphatic carbocycles. The molecule has 3 N–H and O–H groups in total. The molecule has 3 heterocycles. The maximum absolute atomic E-state index is 14.6. The van der Waals surface area contributed by atoms with Gasteiger partial charge in [-0.3, -0.25) is 14.9 Å². The van der Waals surface area contributed by atoms with E-state index in [-0.39, 0.29) is 41.0 Å². The van der Waals surface area contributed by atoms with Crippen LogP contribution in [0, 0.1) is 11.6 Å². The summed E-state index contributed by atoms with van der Waals surface area (Å²) >= 11 is 0.689. The molecule has 1 saturated heterocycles. The molecular formula is C28H32F5N7O4S. The van der Waals surface area contributed by atoms with Crippen molar-refractivity contribution in [3.05, 3.63) is 41.7 Å². The van der Waals surface area contributed by atoms with Gasteiger partial charge in [-0.2, -0.15) is 18.3 Å². The second-order valence-electron chi connectivity index (χ2n) is 10.1. The second kappa shape index (κ2) is 14.7. The number of carbonyl (C=O) groups is 3. The van der Waals surface area contributed by atoms with Crippen LogP contribution in [0.2, 0.25) is 0 Å². The minimum Gasteiger partial charge on any atom is -0.449 e. The predicted molar refractivity (Wildman–Crippen MR) is 157 cm³/mol. The number of benzene rings is 1. The van der Waals surface area contributed by atoms with E-state index >= 15 is 0 Å². The van der Waals surface area contributed by atoms with Gasteiger partial charge in [0, 0.05) is 25.7 Å². The third-order valence-corrected chi connectivity index (χ3v) is 7.93. The van der Waals surface area contributed by atoms with E-state index in [0.29, 0.717) is 49.5 Å². The second-order valence-corrected chi connectivity index (χ2v) is 11.1. The topological polar surface area (TPSA) is 130 Å². The van der Waals surface area contributed by atoms with Gasteiger partial charge in [0.2, 0.25) is 0 Å². The fraction of sp³-hybridized carbons (Fsp3) is 0.464. The molecule has 1 unspecified atom stereocenters. The van der Waals surface area contributed by atoms with Crippen LogP contribution in [-0.4, -0.2) is 64.6 Å². The van der Waals surface area contributed by atoms with Gasteiger partial charge < -0.3 is 20.3 Å². The fourth-order valence-corrected chi connectivity index (χ4v) is 5.74. The van der Waals surface area contributed by atoms with Crippen molar-refractivity contribution in [1.29, 1.82) is 0 Å². The van der Waals surface area contributed by atoms with Crippen LogP contribution in [0.3, 0.4) is 0 Å². The molecule has 17 heteroatoms. The van der Waals surface area contributed by atoms with Crippen molar-refractivity contribution in [3.63, 3.8) is 0 Å². The number of halogens is 5. The van der Waals surface area contributed by atoms with Crippen LogP contribution >= 0.6 is 11.3 Å². The third kappa shape index (κ3) is 8.26. The number of rotatable bonds is 10. The Kier molecular flexibility index (Phi) is 11.0. The standard InChI is InChI=1S/C28H32F5N7O4S/c1-3-5-14-44-27(43)38-24-21(37-23(45-24)20-17(29)9-6-10-18(20)30)22(41)36-19-15-34-40(4-2)25(19)39-12-7-8-16(11-13-39)35-26(42)28(31,32)33/h6,9-10,15-16H,3-5,7-8,11-14H2,1-2H3,(H,35,42)(H,36,41)(H,38,43). The fourth-order valence-electron chi connectivity index (χ4n) is 4.74. The van der Waals surface area contributed by atoms with Crippen LogP contribution in [-0.2, 0) is 16.1 Å². The van der Waals surface area contributed by atoms with Crippen LogP contribution in [0.25, 0.3) is 10.6 Å². The summed E-state index contributed by atoms with van der Waals surface area (Å²) in [6.07, 6.45) is -2.13. The minimum absolute atomic E-state index is 0.103. The molecule has 1 aliphatic rings. The molecule has 1 atom stereocenters. The lowest BCUT2D eigenvalue weighted by molar-refractivity contribution is -0.174. The zero-order valence-corrected chi connectivity index (χ0v) is 25.3. The molecule has 0 radical (unpaired) electrons. The Morgan fingerprint density at radius 1 is 1.09 bits per heavy atom. The van der Waals surface area contributed by atoms with Crippen LogP contribution in [0.1, 0.15) is 56.4 Å². The summed E-state index contributed by atoms with van der Waals surface area (Å²) in [6.45, 7) is 4.88. The summed E-state index contributed by atoms with van der Waals surface area (Å²) < 4.78 is 74.3. The molecule has 2 aromatic heterocycles. The average Bonchev–Trinajstić information content (AvgIpc) is 3.50. The number of ether oxygens (including phenoxy) is 1. The van der Waals surface area contributed by atoms with Crippen molar-refractivity contribution in [1.82, 2.24) is 20.1 Å². The van der Waals surface area contributed by atoms with E-state index in [2.05, 4.69) is 20.7 Å². The Morgan fingerprint density at radius 3 is 2.49 bits per heavy atom. The summed E-state index contributed by atoms with van der Waals surface area (Å²) in [5.41, 5.74) is -0.561. The first-order valence-corrected chi connectivity index (χ1v) is 15.1. The van der Waals surface area contributed by atoms with Crippen molar-refractivity contribution >= 4 is 45.8 Å². The van der Waals surface area contributed by atoms with Gasteiger partial charge in [-0.05, 0) is 44.7 Å². The smallest absolute Gasteiger partial charge is 0.449 e. The van der Waals surface area contributed by atoms with E-state index < -0.39 is 47.3 Å². The van der Waals surface area contributed by atoms with Crippen LogP contribution in [0.5, 0.6) is 0 Å². The van der Waals surface area contributed by atoms with Gasteiger partial charge in [0.15, 0.2) is 11.5 Å². The first-order valence-electron chi connectivity index (χ1n) is 14.3. The van der Waals surface area contributed by atoms with Crippen molar-refractivity contribution < 1.29 is 41.1 Å². The first-order chi connectivity index (χ1) is 21.4.